The second kappa shape index (κ2) is 8.01. The molecule has 0 unspecified atom stereocenters. The molecule has 1 fully saturated rings. The molecule has 1 aromatic carbocycles. The van der Waals surface area contributed by atoms with Crippen LogP contribution in [-0.2, 0) is 12.7 Å². The van der Waals surface area contributed by atoms with Gasteiger partial charge in [0.25, 0.3) is 0 Å². The van der Waals surface area contributed by atoms with Crippen LogP contribution >= 0.6 is 22.6 Å². The van der Waals surface area contributed by atoms with Gasteiger partial charge in [0, 0.05) is 22.2 Å². The molecule has 1 saturated heterocycles. The third-order valence-corrected chi connectivity index (χ3v) is 4.92. The number of halogens is 4. The van der Waals surface area contributed by atoms with Gasteiger partial charge in [0.2, 0.25) is 0 Å². The van der Waals surface area contributed by atoms with E-state index in [2.05, 4.69) is 27.8 Å². The highest BCUT2D eigenvalue weighted by molar-refractivity contribution is 14.1. The summed E-state index contributed by atoms with van der Waals surface area (Å²) in [6.45, 7) is 1.26. The molecule has 0 spiro atoms. The van der Waals surface area contributed by atoms with E-state index in [-0.39, 0.29) is 12.1 Å². The van der Waals surface area contributed by atoms with Crippen molar-refractivity contribution in [2.24, 2.45) is 0 Å². The van der Waals surface area contributed by atoms with Gasteiger partial charge in [-0.15, -0.1) is 0 Å². The molecule has 0 bridgehead atoms. The molecule has 134 valence electrons. The Labute approximate surface area is 158 Å². The van der Waals surface area contributed by atoms with E-state index in [0.29, 0.717) is 15.8 Å². The zero-order chi connectivity index (χ0) is 17.9. The summed E-state index contributed by atoms with van der Waals surface area (Å²) in [4.78, 5) is 3.77. The minimum Gasteiger partial charge on any atom is -0.309 e. The summed E-state index contributed by atoms with van der Waals surface area (Å²) < 4.78 is 39.3. The van der Waals surface area contributed by atoms with Crippen LogP contribution in [0.1, 0.15) is 35.8 Å². The average Bonchev–Trinajstić information content (AvgIpc) is 2.60. The summed E-state index contributed by atoms with van der Waals surface area (Å²) in [5, 5.41) is 6.90. The first kappa shape index (κ1) is 18.6. The van der Waals surface area contributed by atoms with Gasteiger partial charge in [-0.05, 0) is 59.7 Å². The van der Waals surface area contributed by atoms with Gasteiger partial charge in [0.05, 0.1) is 5.69 Å². The van der Waals surface area contributed by atoms with Gasteiger partial charge < -0.3 is 10.6 Å². The lowest BCUT2D eigenvalue weighted by Gasteiger charge is -2.33. The quantitative estimate of drug-likeness (QED) is 0.668. The Morgan fingerprint density at radius 1 is 1.20 bits per heavy atom. The predicted molar refractivity (Wildman–Crippen MR) is 99.0 cm³/mol. The van der Waals surface area contributed by atoms with Crippen LogP contribution in [0.25, 0.3) is 0 Å². The van der Waals surface area contributed by atoms with Crippen molar-refractivity contribution in [2.75, 3.05) is 6.54 Å². The van der Waals surface area contributed by atoms with E-state index in [0.717, 1.165) is 25.5 Å². The Bertz CT molecular complexity index is 706. The summed E-state index contributed by atoms with van der Waals surface area (Å²) in [6.07, 6.45) is -2.41. The largest absolute Gasteiger partial charge is 0.433 e. The van der Waals surface area contributed by atoms with Crippen LogP contribution in [0.2, 0.25) is 0 Å². The number of piperidine rings is 1. The van der Waals surface area contributed by atoms with Crippen molar-refractivity contribution in [3.8, 4) is 0 Å². The number of alkyl halides is 3. The molecule has 2 atom stereocenters. The van der Waals surface area contributed by atoms with Gasteiger partial charge in [-0.3, -0.25) is 0 Å². The van der Waals surface area contributed by atoms with Gasteiger partial charge in [0.1, 0.15) is 5.69 Å². The van der Waals surface area contributed by atoms with Crippen LogP contribution in [0, 0.1) is 3.57 Å². The van der Waals surface area contributed by atoms with Crippen LogP contribution in [0.15, 0.2) is 42.5 Å². The first-order valence-corrected chi connectivity index (χ1v) is 9.27. The molecule has 7 heteroatoms. The van der Waals surface area contributed by atoms with Crippen molar-refractivity contribution in [2.45, 2.75) is 37.6 Å². The van der Waals surface area contributed by atoms with E-state index in [9.17, 15) is 13.2 Å². The summed E-state index contributed by atoms with van der Waals surface area (Å²) in [5.74, 6) is 0. The minimum atomic E-state index is -4.42. The van der Waals surface area contributed by atoms with Gasteiger partial charge in [-0.2, -0.15) is 13.2 Å². The zero-order valence-corrected chi connectivity index (χ0v) is 15.6. The normalized spacial score (nSPS) is 21.3. The van der Waals surface area contributed by atoms with E-state index in [4.69, 9.17) is 0 Å². The van der Waals surface area contributed by atoms with Crippen molar-refractivity contribution in [3.05, 3.63) is 63.0 Å². The van der Waals surface area contributed by atoms with Crippen LogP contribution < -0.4 is 10.6 Å². The molecule has 0 aliphatic carbocycles. The number of nitrogens with zero attached hydrogens (tertiary/aromatic N) is 1. The van der Waals surface area contributed by atoms with Gasteiger partial charge in [-0.1, -0.05) is 30.3 Å². The Balaban J connectivity index is 1.72. The molecule has 1 aromatic heterocycles. The molecule has 0 saturated carbocycles. The fourth-order valence-corrected chi connectivity index (χ4v) is 3.80. The molecule has 2 heterocycles. The van der Waals surface area contributed by atoms with Gasteiger partial charge in [-0.25, -0.2) is 4.98 Å². The monoisotopic (exact) mass is 461 g/mol. The molecular weight excluding hydrogens is 442 g/mol. The standard InChI is InChI=1S/C18H19F3IN3/c19-18(20,21)16-10-13(22)9-14(25-16)11-24-15-7-4-8-23-17(15)12-5-2-1-3-6-12/h1-3,5-6,9-10,15,17,23-24H,4,7-8,11H2/t15-,17-/m0/s1. The Morgan fingerprint density at radius 2 is 1.96 bits per heavy atom. The minimum absolute atomic E-state index is 0.153. The topological polar surface area (TPSA) is 37.0 Å². The van der Waals surface area contributed by atoms with Gasteiger partial charge in [0.15, 0.2) is 0 Å². The molecular formula is C18H19F3IN3. The number of hydrogen-bond acceptors (Lipinski definition) is 3. The maximum absolute atomic E-state index is 12.9. The number of pyridine rings is 1. The van der Waals surface area contributed by atoms with Crippen molar-refractivity contribution < 1.29 is 13.2 Å². The first-order valence-electron chi connectivity index (χ1n) is 8.19. The number of rotatable bonds is 4. The fourth-order valence-electron chi connectivity index (χ4n) is 3.14. The molecule has 25 heavy (non-hydrogen) atoms. The van der Waals surface area contributed by atoms with Crippen LogP contribution in [0.5, 0.6) is 0 Å². The summed E-state index contributed by atoms with van der Waals surface area (Å²) in [6, 6.07) is 13.2. The molecule has 2 aromatic rings. The number of aromatic nitrogens is 1. The lowest BCUT2D eigenvalue weighted by molar-refractivity contribution is -0.141. The van der Waals surface area contributed by atoms with Crippen molar-refractivity contribution in [1.82, 2.24) is 15.6 Å². The molecule has 3 nitrogen and oxygen atoms in total. The Hall–Kier alpha value is -1.19. The second-order valence-electron chi connectivity index (χ2n) is 6.13. The Kier molecular flexibility index (Phi) is 5.96. The highest BCUT2D eigenvalue weighted by Gasteiger charge is 2.33. The summed E-state index contributed by atoms with van der Waals surface area (Å²) in [7, 11) is 0. The summed E-state index contributed by atoms with van der Waals surface area (Å²) in [5.41, 5.74) is 0.764. The highest BCUT2D eigenvalue weighted by Crippen LogP contribution is 2.29. The summed E-state index contributed by atoms with van der Waals surface area (Å²) >= 11 is 1.90. The lowest BCUT2D eigenvalue weighted by Crippen LogP contribution is -2.45. The van der Waals surface area contributed by atoms with E-state index in [1.165, 1.54) is 5.56 Å². The number of hydrogen-bond donors (Lipinski definition) is 2. The van der Waals surface area contributed by atoms with Crippen molar-refractivity contribution in [3.63, 3.8) is 0 Å². The molecule has 2 N–H and O–H groups in total. The maximum atomic E-state index is 12.9. The SMILES string of the molecule is FC(F)(F)c1cc(I)cc(CN[C@H]2CCCN[C@H]2c2ccccc2)n1. The van der Waals surface area contributed by atoms with E-state index < -0.39 is 11.9 Å². The maximum Gasteiger partial charge on any atom is 0.433 e. The Morgan fingerprint density at radius 3 is 2.68 bits per heavy atom. The van der Waals surface area contributed by atoms with Crippen molar-refractivity contribution in [1.29, 1.82) is 0 Å². The van der Waals surface area contributed by atoms with Crippen LogP contribution in [0.3, 0.4) is 0 Å². The van der Waals surface area contributed by atoms with Gasteiger partial charge >= 0.3 is 6.18 Å². The number of nitrogens with one attached hydrogen (secondary N) is 2. The molecule has 1 aliphatic rings. The third kappa shape index (κ3) is 4.92. The molecule has 1 aliphatic heterocycles. The molecule has 0 radical (unpaired) electrons. The van der Waals surface area contributed by atoms with E-state index in [1.54, 1.807) is 6.07 Å². The predicted octanol–water partition coefficient (Wildman–Crippen LogP) is 4.29. The fraction of sp³-hybridized carbons (Fsp3) is 0.389. The lowest BCUT2D eigenvalue weighted by atomic mass is 9.92. The molecule has 0 amide bonds. The first-order chi connectivity index (χ1) is 11.9. The van der Waals surface area contributed by atoms with Crippen LogP contribution in [-0.4, -0.2) is 17.6 Å². The van der Waals surface area contributed by atoms with Crippen molar-refractivity contribution >= 4 is 22.6 Å². The highest BCUT2D eigenvalue weighted by atomic mass is 127. The van der Waals surface area contributed by atoms with E-state index in [1.807, 2.05) is 40.8 Å². The second-order valence-corrected chi connectivity index (χ2v) is 7.38. The third-order valence-electron chi connectivity index (χ3n) is 4.30. The molecule has 3 rings (SSSR count). The zero-order valence-electron chi connectivity index (χ0n) is 13.5. The number of benzene rings is 1. The van der Waals surface area contributed by atoms with Crippen LogP contribution in [0.4, 0.5) is 13.2 Å². The smallest absolute Gasteiger partial charge is 0.309 e. The average molecular weight is 461 g/mol. The van der Waals surface area contributed by atoms with E-state index >= 15 is 0 Å².